The maximum atomic E-state index is 10.5. The van der Waals surface area contributed by atoms with Gasteiger partial charge in [-0.3, -0.25) is 4.79 Å². The minimum Gasteiger partial charge on any atom is -0.497 e. The van der Waals surface area contributed by atoms with E-state index in [-0.39, 0.29) is 5.75 Å². The van der Waals surface area contributed by atoms with Crippen LogP contribution in [-0.4, -0.2) is 13.3 Å². The molecule has 11 heavy (non-hydrogen) atoms. The van der Waals surface area contributed by atoms with Crippen molar-refractivity contribution in [3.8, 4) is 5.75 Å². The minimum atomic E-state index is -2.49. The molecular formula is C8H7BrO2. The van der Waals surface area contributed by atoms with Crippen LogP contribution in [0, 0.1) is 0 Å². The SMILES string of the molecule is [2H]C([2H])([2H])Oc1ccc(Br)c(C=O)c1. The monoisotopic (exact) mass is 217 g/mol. The van der Waals surface area contributed by atoms with E-state index in [1.807, 2.05) is 0 Å². The first-order valence-electron chi connectivity index (χ1n) is 4.36. The van der Waals surface area contributed by atoms with Crippen LogP contribution in [0.25, 0.3) is 0 Å². The Kier molecular flexibility index (Phi) is 1.58. The lowest BCUT2D eigenvalue weighted by molar-refractivity contribution is 0.112. The molecule has 0 radical (unpaired) electrons. The van der Waals surface area contributed by atoms with Crippen molar-refractivity contribution >= 4 is 22.2 Å². The lowest BCUT2D eigenvalue weighted by atomic mass is 10.2. The molecule has 0 saturated heterocycles. The van der Waals surface area contributed by atoms with Gasteiger partial charge in [0.1, 0.15) is 5.75 Å². The van der Waals surface area contributed by atoms with E-state index in [1.165, 1.54) is 12.1 Å². The molecule has 0 aliphatic heterocycles. The Labute approximate surface area is 77.5 Å². The fraction of sp³-hybridized carbons (Fsp3) is 0.125. The molecule has 0 aliphatic carbocycles. The molecule has 0 amide bonds. The summed E-state index contributed by atoms with van der Waals surface area (Å²) in [5.74, 6) is 0.148. The van der Waals surface area contributed by atoms with Gasteiger partial charge in [-0.05, 0) is 18.2 Å². The highest BCUT2D eigenvalue weighted by Gasteiger charge is 1.98. The van der Waals surface area contributed by atoms with Crippen molar-refractivity contribution in [1.29, 1.82) is 0 Å². The number of halogens is 1. The zero-order chi connectivity index (χ0) is 10.8. The van der Waals surface area contributed by atoms with Gasteiger partial charge in [0, 0.05) is 10.0 Å². The summed E-state index contributed by atoms with van der Waals surface area (Å²) < 4.78 is 25.8. The Hall–Kier alpha value is -0.830. The Balaban J connectivity index is 2.95. The van der Waals surface area contributed by atoms with Gasteiger partial charge in [0.05, 0.1) is 11.2 Å². The van der Waals surface area contributed by atoms with Gasteiger partial charge in [0.25, 0.3) is 0 Å². The molecule has 0 spiro atoms. The number of aldehydes is 1. The fourth-order valence-electron chi connectivity index (χ4n) is 0.676. The Morgan fingerprint density at radius 2 is 2.55 bits per heavy atom. The molecule has 0 atom stereocenters. The first-order valence-corrected chi connectivity index (χ1v) is 3.65. The maximum absolute atomic E-state index is 10.5. The highest BCUT2D eigenvalue weighted by Crippen LogP contribution is 2.20. The van der Waals surface area contributed by atoms with E-state index in [0.717, 1.165) is 0 Å². The standard InChI is InChI=1S/C8H7BrO2/c1-11-7-2-3-8(9)6(4-7)5-10/h2-5H,1H3/i1D3. The fourth-order valence-corrected chi connectivity index (χ4v) is 1.02. The predicted octanol–water partition coefficient (Wildman–Crippen LogP) is 2.27. The van der Waals surface area contributed by atoms with E-state index in [2.05, 4.69) is 20.7 Å². The average molecular weight is 218 g/mol. The molecule has 0 aromatic heterocycles. The number of carbonyl (C=O) groups is 1. The Morgan fingerprint density at radius 3 is 3.18 bits per heavy atom. The summed E-state index contributed by atoms with van der Waals surface area (Å²) in [7, 11) is -2.49. The van der Waals surface area contributed by atoms with Crippen LogP contribution in [0.5, 0.6) is 5.75 Å². The van der Waals surface area contributed by atoms with Gasteiger partial charge in [0.2, 0.25) is 0 Å². The smallest absolute Gasteiger partial charge is 0.151 e. The maximum Gasteiger partial charge on any atom is 0.151 e. The molecule has 0 unspecified atom stereocenters. The van der Waals surface area contributed by atoms with E-state index in [9.17, 15) is 4.79 Å². The van der Waals surface area contributed by atoms with Crippen LogP contribution in [-0.2, 0) is 0 Å². The highest BCUT2D eigenvalue weighted by atomic mass is 79.9. The minimum absolute atomic E-state index is 0.148. The number of methoxy groups -OCH3 is 1. The summed E-state index contributed by atoms with van der Waals surface area (Å²) in [6.45, 7) is 0. The van der Waals surface area contributed by atoms with E-state index in [4.69, 9.17) is 4.11 Å². The summed E-state index contributed by atoms with van der Waals surface area (Å²) in [6.07, 6.45) is 0.621. The van der Waals surface area contributed by atoms with Gasteiger partial charge in [-0.25, -0.2) is 0 Å². The molecule has 0 bridgehead atoms. The van der Waals surface area contributed by atoms with Crippen molar-refractivity contribution in [1.82, 2.24) is 0 Å². The molecule has 1 rings (SSSR count). The number of rotatable bonds is 2. The summed E-state index contributed by atoms with van der Waals surface area (Å²) in [5.41, 5.74) is 0.353. The van der Waals surface area contributed by atoms with Crippen molar-refractivity contribution in [3.05, 3.63) is 28.2 Å². The van der Waals surface area contributed by atoms with E-state index in [1.54, 1.807) is 6.07 Å². The quantitative estimate of drug-likeness (QED) is 0.711. The number of benzene rings is 1. The van der Waals surface area contributed by atoms with Crippen LogP contribution >= 0.6 is 15.9 Å². The molecule has 0 N–H and O–H groups in total. The number of hydrogen-bond donors (Lipinski definition) is 0. The second-order valence-corrected chi connectivity index (χ2v) is 2.76. The molecule has 1 aromatic rings. The van der Waals surface area contributed by atoms with Gasteiger partial charge >= 0.3 is 0 Å². The molecule has 0 fully saturated rings. The second kappa shape index (κ2) is 3.53. The normalized spacial score (nSPS) is 14.5. The third-order valence-electron chi connectivity index (χ3n) is 1.21. The van der Waals surface area contributed by atoms with Crippen molar-refractivity contribution in [3.63, 3.8) is 0 Å². The summed E-state index contributed by atoms with van der Waals surface area (Å²) in [4.78, 5) is 10.5. The van der Waals surface area contributed by atoms with Crippen LogP contribution in [0.4, 0.5) is 0 Å². The topological polar surface area (TPSA) is 26.3 Å². The van der Waals surface area contributed by atoms with Crippen molar-refractivity contribution < 1.29 is 13.6 Å². The van der Waals surface area contributed by atoms with Crippen molar-refractivity contribution in [2.24, 2.45) is 0 Å². The van der Waals surface area contributed by atoms with Crippen LogP contribution in [0.1, 0.15) is 14.5 Å². The molecule has 2 nitrogen and oxygen atoms in total. The number of ether oxygens (including phenoxy) is 1. The van der Waals surface area contributed by atoms with Crippen molar-refractivity contribution in [2.45, 2.75) is 0 Å². The average Bonchev–Trinajstić information content (AvgIpc) is 2.06. The lowest BCUT2D eigenvalue weighted by Crippen LogP contribution is -1.86. The van der Waals surface area contributed by atoms with Gasteiger partial charge in [-0.2, -0.15) is 0 Å². The first kappa shape index (κ1) is 4.93. The van der Waals surface area contributed by atoms with E-state index < -0.39 is 7.04 Å². The number of hydrogen-bond acceptors (Lipinski definition) is 2. The zero-order valence-corrected chi connectivity index (χ0v) is 7.09. The predicted molar refractivity (Wildman–Crippen MR) is 46.1 cm³/mol. The van der Waals surface area contributed by atoms with Gasteiger partial charge in [0.15, 0.2) is 6.29 Å². The van der Waals surface area contributed by atoms with Crippen LogP contribution in [0.3, 0.4) is 0 Å². The zero-order valence-electron chi connectivity index (χ0n) is 8.50. The summed E-state index contributed by atoms with van der Waals surface area (Å²) in [5, 5.41) is 0. The number of carbonyl (C=O) groups excluding carboxylic acids is 1. The van der Waals surface area contributed by atoms with Crippen LogP contribution < -0.4 is 4.74 Å². The molecule has 0 saturated carbocycles. The molecule has 0 aliphatic rings. The first-order chi connectivity index (χ1) is 6.42. The third kappa shape index (κ3) is 1.80. The van der Waals surface area contributed by atoms with E-state index in [0.29, 0.717) is 16.3 Å². The van der Waals surface area contributed by atoms with E-state index >= 15 is 0 Å². The second-order valence-electron chi connectivity index (χ2n) is 1.90. The lowest BCUT2D eigenvalue weighted by Gasteiger charge is -2.00. The molecule has 3 heteroatoms. The van der Waals surface area contributed by atoms with Crippen LogP contribution in [0.15, 0.2) is 22.7 Å². The summed E-state index contributed by atoms with van der Waals surface area (Å²) >= 11 is 3.14. The Bertz CT molecular complexity index is 349. The van der Waals surface area contributed by atoms with Gasteiger partial charge in [-0.1, -0.05) is 15.9 Å². The Morgan fingerprint density at radius 1 is 1.73 bits per heavy atom. The molecular weight excluding hydrogens is 208 g/mol. The summed E-state index contributed by atoms with van der Waals surface area (Å²) in [6, 6.07) is 4.40. The molecule has 58 valence electrons. The van der Waals surface area contributed by atoms with Crippen molar-refractivity contribution in [2.75, 3.05) is 7.04 Å². The van der Waals surface area contributed by atoms with Crippen LogP contribution in [0.2, 0.25) is 0 Å². The van der Waals surface area contributed by atoms with Gasteiger partial charge in [-0.15, -0.1) is 0 Å². The third-order valence-corrected chi connectivity index (χ3v) is 1.93. The highest BCUT2D eigenvalue weighted by molar-refractivity contribution is 9.10. The largest absolute Gasteiger partial charge is 0.497 e. The molecule has 0 heterocycles. The molecule has 1 aromatic carbocycles. The van der Waals surface area contributed by atoms with Gasteiger partial charge < -0.3 is 4.74 Å².